The van der Waals surface area contributed by atoms with Crippen LogP contribution in [0.2, 0.25) is 0 Å². The molecule has 0 saturated heterocycles. The molecule has 0 fully saturated rings. The summed E-state index contributed by atoms with van der Waals surface area (Å²) in [6, 6.07) is 12.4. The molecule has 1 unspecified atom stereocenters. The first kappa shape index (κ1) is 13.2. The van der Waals surface area contributed by atoms with Gasteiger partial charge in [-0.25, -0.2) is 0 Å². The Labute approximate surface area is 132 Å². The summed E-state index contributed by atoms with van der Waals surface area (Å²) >= 11 is 3.49. The van der Waals surface area contributed by atoms with Crippen LogP contribution < -0.4 is 15.2 Å². The molecule has 2 N–H and O–H groups in total. The number of hydrogen-bond acceptors (Lipinski definition) is 3. The molecule has 108 valence electrons. The Morgan fingerprint density at radius 1 is 1.10 bits per heavy atom. The van der Waals surface area contributed by atoms with Crippen molar-refractivity contribution in [2.24, 2.45) is 5.73 Å². The topological polar surface area (TPSA) is 44.5 Å². The van der Waals surface area contributed by atoms with Crippen molar-refractivity contribution in [1.82, 2.24) is 0 Å². The molecule has 2 aromatic carbocycles. The van der Waals surface area contributed by atoms with E-state index in [4.69, 9.17) is 15.2 Å². The van der Waals surface area contributed by atoms with Gasteiger partial charge in [-0.05, 0) is 41.5 Å². The summed E-state index contributed by atoms with van der Waals surface area (Å²) in [6.07, 6.45) is 1.79. The minimum absolute atomic E-state index is 0.000699. The van der Waals surface area contributed by atoms with Crippen LogP contribution in [-0.4, -0.2) is 6.61 Å². The molecule has 0 aliphatic carbocycles. The van der Waals surface area contributed by atoms with E-state index in [1.54, 1.807) is 0 Å². The molecular weight excluding hydrogens is 330 g/mol. The number of halogens is 1. The lowest BCUT2D eigenvalue weighted by Gasteiger charge is -2.31. The molecule has 3 nitrogen and oxygen atoms in total. The maximum atomic E-state index is 6.33. The van der Waals surface area contributed by atoms with Crippen LogP contribution in [0.25, 0.3) is 0 Å². The van der Waals surface area contributed by atoms with Crippen molar-refractivity contribution in [3.8, 4) is 11.5 Å². The molecule has 0 spiro atoms. The predicted octanol–water partition coefficient (Wildman–Crippen LogP) is 3.91. The highest BCUT2D eigenvalue weighted by atomic mass is 79.9. The van der Waals surface area contributed by atoms with Crippen molar-refractivity contribution in [2.45, 2.75) is 25.0 Å². The normalized spacial score (nSPS) is 23.0. The molecule has 0 radical (unpaired) electrons. The van der Waals surface area contributed by atoms with E-state index in [1.807, 2.05) is 24.3 Å². The Morgan fingerprint density at radius 3 is 2.86 bits per heavy atom. The highest BCUT2D eigenvalue weighted by molar-refractivity contribution is 9.10. The van der Waals surface area contributed by atoms with E-state index >= 15 is 0 Å². The maximum Gasteiger partial charge on any atom is 0.126 e. The molecule has 0 aromatic heterocycles. The average molecular weight is 346 g/mol. The van der Waals surface area contributed by atoms with E-state index < -0.39 is 0 Å². The lowest BCUT2D eigenvalue weighted by molar-refractivity contribution is 0.161. The first-order valence-corrected chi connectivity index (χ1v) is 7.97. The summed E-state index contributed by atoms with van der Waals surface area (Å²) in [5, 5.41) is 0. The van der Waals surface area contributed by atoms with Crippen molar-refractivity contribution in [1.29, 1.82) is 0 Å². The number of nitrogens with two attached hydrogens (primary N) is 1. The predicted molar refractivity (Wildman–Crippen MR) is 84.7 cm³/mol. The second kappa shape index (κ2) is 5.04. The van der Waals surface area contributed by atoms with Gasteiger partial charge in [0.25, 0.3) is 0 Å². The second-order valence-electron chi connectivity index (χ2n) is 5.60. The fourth-order valence-corrected chi connectivity index (χ4v) is 3.47. The molecular formula is C17H16BrNO2. The molecule has 0 bridgehead atoms. The summed E-state index contributed by atoms with van der Waals surface area (Å²) in [5.74, 6) is 1.89. The van der Waals surface area contributed by atoms with Gasteiger partial charge >= 0.3 is 0 Å². The molecule has 2 atom stereocenters. The number of hydrogen-bond donors (Lipinski definition) is 1. The number of benzene rings is 2. The van der Waals surface area contributed by atoms with Gasteiger partial charge in [-0.1, -0.05) is 22.0 Å². The van der Waals surface area contributed by atoms with E-state index in [2.05, 4.69) is 28.1 Å². The van der Waals surface area contributed by atoms with Crippen LogP contribution in [0.4, 0.5) is 0 Å². The summed E-state index contributed by atoms with van der Waals surface area (Å²) in [6.45, 7) is 0.778. The van der Waals surface area contributed by atoms with Crippen LogP contribution in [0.3, 0.4) is 0 Å². The Morgan fingerprint density at radius 2 is 1.95 bits per heavy atom. The minimum atomic E-state index is 0.000699. The first-order valence-electron chi connectivity index (χ1n) is 7.18. The van der Waals surface area contributed by atoms with Crippen molar-refractivity contribution < 1.29 is 9.47 Å². The number of rotatable bonds is 1. The zero-order chi connectivity index (χ0) is 14.4. The van der Waals surface area contributed by atoms with Gasteiger partial charge in [-0.2, -0.15) is 0 Å². The van der Waals surface area contributed by atoms with E-state index in [0.29, 0.717) is 0 Å². The molecule has 2 heterocycles. The molecule has 21 heavy (non-hydrogen) atoms. The van der Waals surface area contributed by atoms with Gasteiger partial charge in [-0.15, -0.1) is 0 Å². The maximum absolute atomic E-state index is 6.33. The SMILES string of the molecule is N[C@@H]1CC(c2ccc3c(c2)CCO3)Oc2ccc(Br)cc21. The standard InChI is InChI=1S/C17H16BrNO2/c18-12-2-4-16-13(8-12)14(19)9-17(21-16)10-1-3-15-11(7-10)5-6-20-15/h1-4,7-8,14,17H,5-6,9,19H2/t14-,17?/m1/s1. The molecule has 0 saturated carbocycles. The molecule has 2 aliphatic heterocycles. The fourth-order valence-electron chi connectivity index (χ4n) is 3.09. The van der Waals surface area contributed by atoms with Crippen molar-refractivity contribution in [3.05, 3.63) is 57.6 Å². The van der Waals surface area contributed by atoms with Gasteiger partial charge in [0.2, 0.25) is 0 Å². The third kappa shape index (κ3) is 2.32. The fraction of sp³-hybridized carbons (Fsp3) is 0.294. The average Bonchev–Trinajstić information content (AvgIpc) is 2.95. The summed E-state index contributed by atoms with van der Waals surface area (Å²) in [5.41, 5.74) is 9.86. The monoisotopic (exact) mass is 345 g/mol. The van der Waals surface area contributed by atoms with Crippen LogP contribution in [-0.2, 0) is 6.42 Å². The third-order valence-electron chi connectivity index (χ3n) is 4.19. The van der Waals surface area contributed by atoms with Crippen molar-refractivity contribution >= 4 is 15.9 Å². The summed E-state index contributed by atoms with van der Waals surface area (Å²) in [4.78, 5) is 0. The lowest BCUT2D eigenvalue weighted by Crippen LogP contribution is -2.24. The highest BCUT2D eigenvalue weighted by Gasteiger charge is 2.28. The molecule has 0 amide bonds. The highest BCUT2D eigenvalue weighted by Crippen LogP contribution is 2.41. The van der Waals surface area contributed by atoms with E-state index in [-0.39, 0.29) is 12.1 Å². The van der Waals surface area contributed by atoms with Crippen LogP contribution in [0, 0.1) is 0 Å². The first-order chi connectivity index (χ1) is 10.2. The van der Waals surface area contributed by atoms with Crippen molar-refractivity contribution in [3.63, 3.8) is 0 Å². The largest absolute Gasteiger partial charge is 0.493 e. The second-order valence-corrected chi connectivity index (χ2v) is 6.51. The van der Waals surface area contributed by atoms with Gasteiger partial charge in [-0.3, -0.25) is 0 Å². The van der Waals surface area contributed by atoms with E-state index in [0.717, 1.165) is 41.0 Å². The zero-order valence-electron chi connectivity index (χ0n) is 11.5. The minimum Gasteiger partial charge on any atom is -0.493 e. The molecule has 2 aliphatic rings. The Hall–Kier alpha value is -1.52. The molecule has 4 heteroatoms. The molecule has 4 rings (SSSR count). The zero-order valence-corrected chi connectivity index (χ0v) is 13.1. The van der Waals surface area contributed by atoms with Crippen LogP contribution in [0.1, 0.15) is 35.3 Å². The van der Waals surface area contributed by atoms with Gasteiger partial charge in [0.1, 0.15) is 17.6 Å². The summed E-state index contributed by atoms with van der Waals surface area (Å²) < 4.78 is 12.8. The van der Waals surface area contributed by atoms with Crippen molar-refractivity contribution in [2.75, 3.05) is 6.61 Å². The van der Waals surface area contributed by atoms with Gasteiger partial charge in [0, 0.05) is 28.9 Å². The smallest absolute Gasteiger partial charge is 0.126 e. The van der Waals surface area contributed by atoms with Crippen LogP contribution in [0.5, 0.6) is 11.5 Å². The Bertz CT molecular complexity index is 701. The Kier molecular flexibility index (Phi) is 3.16. The Balaban J connectivity index is 1.67. The number of ether oxygens (including phenoxy) is 2. The summed E-state index contributed by atoms with van der Waals surface area (Å²) in [7, 11) is 0. The van der Waals surface area contributed by atoms with Gasteiger partial charge in [0.05, 0.1) is 6.61 Å². The van der Waals surface area contributed by atoms with Gasteiger partial charge in [0.15, 0.2) is 0 Å². The lowest BCUT2D eigenvalue weighted by atomic mass is 9.93. The van der Waals surface area contributed by atoms with Crippen LogP contribution >= 0.6 is 15.9 Å². The number of fused-ring (bicyclic) bond motifs is 2. The third-order valence-corrected chi connectivity index (χ3v) is 4.69. The van der Waals surface area contributed by atoms with Gasteiger partial charge < -0.3 is 15.2 Å². The quantitative estimate of drug-likeness (QED) is 0.852. The van der Waals surface area contributed by atoms with E-state index in [1.165, 1.54) is 11.1 Å². The van der Waals surface area contributed by atoms with E-state index in [9.17, 15) is 0 Å². The molecule has 2 aromatic rings. The van der Waals surface area contributed by atoms with Crippen LogP contribution in [0.15, 0.2) is 40.9 Å².